The summed E-state index contributed by atoms with van der Waals surface area (Å²) < 4.78 is 11.2. The van der Waals surface area contributed by atoms with Gasteiger partial charge in [0.2, 0.25) is 0 Å². The highest BCUT2D eigenvalue weighted by Gasteiger charge is 2.37. The van der Waals surface area contributed by atoms with Crippen molar-refractivity contribution in [3.05, 3.63) is 46.3 Å². The largest absolute Gasteiger partial charge is 0.444 e. The Balaban J connectivity index is 1.95. The van der Waals surface area contributed by atoms with E-state index in [1.807, 2.05) is 51.1 Å². The first-order valence-electron chi connectivity index (χ1n) is 8.04. The first-order valence-corrected chi connectivity index (χ1v) is 8.04. The highest BCUT2D eigenvalue weighted by atomic mass is 16.6. The molecule has 0 radical (unpaired) electrons. The smallest absolute Gasteiger partial charge is 0.410 e. The summed E-state index contributed by atoms with van der Waals surface area (Å²) in [5, 5.41) is 3.74. The SMILES string of the molecule is CC(C)(C)OC(=O)N1C[C@H](N=[N+]=[N-])C[C@@H]1COCc1ccccc1. The van der Waals surface area contributed by atoms with E-state index in [0.29, 0.717) is 26.2 Å². The molecule has 1 aliphatic heterocycles. The Kier molecular flexibility index (Phi) is 6.06. The van der Waals surface area contributed by atoms with Gasteiger partial charge in [0.1, 0.15) is 5.60 Å². The van der Waals surface area contributed by atoms with E-state index in [1.165, 1.54) is 0 Å². The highest BCUT2D eigenvalue weighted by molar-refractivity contribution is 5.69. The summed E-state index contributed by atoms with van der Waals surface area (Å²) in [4.78, 5) is 16.8. The lowest BCUT2D eigenvalue weighted by Crippen LogP contribution is -2.41. The van der Waals surface area contributed by atoms with Crippen LogP contribution in [0.25, 0.3) is 10.4 Å². The maximum atomic E-state index is 12.4. The molecule has 0 bridgehead atoms. The summed E-state index contributed by atoms with van der Waals surface area (Å²) >= 11 is 0. The number of nitrogens with zero attached hydrogens (tertiary/aromatic N) is 4. The van der Waals surface area contributed by atoms with Gasteiger partial charge in [0, 0.05) is 11.5 Å². The molecule has 130 valence electrons. The van der Waals surface area contributed by atoms with Crippen LogP contribution in [-0.4, -0.2) is 41.8 Å². The van der Waals surface area contributed by atoms with E-state index in [0.717, 1.165) is 5.56 Å². The Labute approximate surface area is 142 Å². The lowest BCUT2D eigenvalue weighted by atomic mass is 10.2. The number of likely N-dealkylation sites (tertiary alicyclic amines) is 1. The maximum Gasteiger partial charge on any atom is 0.410 e. The molecular formula is C17H24N4O3. The van der Waals surface area contributed by atoms with Gasteiger partial charge in [0.05, 0.1) is 25.3 Å². The Morgan fingerprint density at radius 2 is 2.08 bits per heavy atom. The molecule has 1 saturated heterocycles. The van der Waals surface area contributed by atoms with Crippen LogP contribution in [0.3, 0.4) is 0 Å². The minimum atomic E-state index is -0.566. The number of carbonyl (C=O) groups is 1. The normalized spacial score (nSPS) is 20.5. The first kappa shape index (κ1) is 18.1. The number of ether oxygens (including phenoxy) is 2. The second-order valence-electron chi connectivity index (χ2n) is 6.88. The van der Waals surface area contributed by atoms with Gasteiger partial charge in [0.25, 0.3) is 0 Å². The van der Waals surface area contributed by atoms with Crippen molar-refractivity contribution in [1.82, 2.24) is 4.90 Å². The monoisotopic (exact) mass is 332 g/mol. The molecule has 1 amide bonds. The summed E-state index contributed by atoms with van der Waals surface area (Å²) in [5.41, 5.74) is 9.15. The van der Waals surface area contributed by atoms with Gasteiger partial charge in [-0.15, -0.1) is 0 Å². The molecule has 0 spiro atoms. The van der Waals surface area contributed by atoms with Crippen LogP contribution in [0.5, 0.6) is 0 Å². The van der Waals surface area contributed by atoms with Crippen LogP contribution in [-0.2, 0) is 16.1 Å². The number of azide groups is 1. The van der Waals surface area contributed by atoms with Crippen molar-refractivity contribution in [2.45, 2.75) is 51.5 Å². The molecule has 2 rings (SSSR count). The number of benzene rings is 1. The van der Waals surface area contributed by atoms with Gasteiger partial charge in [-0.3, -0.25) is 0 Å². The fourth-order valence-electron chi connectivity index (χ4n) is 2.64. The predicted octanol–water partition coefficient (Wildman–Crippen LogP) is 3.89. The highest BCUT2D eigenvalue weighted by Crippen LogP contribution is 2.24. The summed E-state index contributed by atoms with van der Waals surface area (Å²) in [6.45, 7) is 6.70. The van der Waals surface area contributed by atoms with Gasteiger partial charge in [-0.1, -0.05) is 35.4 Å². The first-order chi connectivity index (χ1) is 11.4. The molecule has 0 unspecified atom stereocenters. The van der Waals surface area contributed by atoms with E-state index in [-0.39, 0.29) is 12.1 Å². The van der Waals surface area contributed by atoms with Crippen LogP contribution in [0.1, 0.15) is 32.8 Å². The standard InChI is InChI=1S/C17H24N4O3/c1-17(2,3)24-16(22)21-10-14(19-20-18)9-15(21)12-23-11-13-7-5-4-6-8-13/h4-8,14-15H,9-12H2,1-3H3/t14-,15-/m1/s1. The molecule has 7 heteroatoms. The van der Waals surface area contributed by atoms with Gasteiger partial charge in [-0.25, -0.2) is 4.79 Å². The van der Waals surface area contributed by atoms with Gasteiger partial charge in [-0.05, 0) is 38.3 Å². The third kappa shape index (κ3) is 5.44. The van der Waals surface area contributed by atoms with Crippen LogP contribution in [0.2, 0.25) is 0 Å². The van der Waals surface area contributed by atoms with Gasteiger partial charge >= 0.3 is 6.09 Å². The van der Waals surface area contributed by atoms with E-state index in [2.05, 4.69) is 10.0 Å². The van der Waals surface area contributed by atoms with E-state index in [1.54, 1.807) is 4.90 Å². The van der Waals surface area contributed by atoms with E-state index >= 15 is 0 Å². The quantitative estimate of drug-likeness (QED) is 0.465. The average Bonchev–Trinajstić information content (AvgIpc) is 2.90. The zero-order chi connectivity index (χ0) is 17.6. The van der Waals surface area contributed by atoms with Crippen LogP contribution in [0.15, 0.2) is 35.4 Å². The van der Waals surface area contributed by atoms with Crippen molar-refractivity contribution in [2.75, 3.05) is 13.2 Å². The lowest BCUT2D eigenvalue weighted by Gasteiger charge is -2.28. The topological polar surface area (TPSA) is 87.5 Å². The Hall–Kier alpha value is -2.24. The van der Waals surface area contributed by atoms with Crippen LogP contribution >= 0.6 is 0 Å². The molecule has 1 fully saturated rings. The van der Waals surface area contributed by atoms with Crippen molar-refractivity contribution in [3.8, 4) is 0 Å². The molecule has 2 atom stereocenters. The molecule has 7 nitrogen and oxygen atoms in total. The van der Waals surface area contributed by atoms with Crippen molar-refractivity contribution in [1.29, 1.82) is 0 Å². The summed E-state index contributed by atoms with van der Waals surface area (Å²) in [7, 11) is 0. The zero-order valence-corrected chi connectivity index (χ0v) is 14.4. The lowest BCUT2D eigenvalue weighted by molar-refractivity contribution is 0.00876. The van der Waals surface area contributed by atoms with Gasteiger partial charge < -0.3 is 14.4 Å². The number of carbonyl (C=O) groups excluding carboxylic acids is 1. The summed E-state index contributed by atoms with van der Waals surface area (Å²) in [6.07, 6.45) is 0.185. The number of rotatable bonds is 5. The third-order valence-electron chi connectivity index (χ3n) is 3.66. The van der Waals surface area contributed by atoms with E-state index in [4.69, 9.17) is 15.0 Å². The van der Waals surface area contributed by atoms with Crippen molar-refractivity contribution < 1.29 is 14.3 Å². The minimum Gasteiger partial charge on any atom is -0.444 e. The second kappa shape index (κ2) is 8.04. The minimum absolute atomic E-state index is 0.154. The molecule has 1 heterocycles. The van der Waals surface area contributed by atoms with E-state index in [9.17, 15) is 4.79 Å². The Bertz CT molecular complexity index is 594. The molecule has 0 aliphatic carbocycles. The Morgan fingerprint density at radius 1 is 1.38 bits per heavy atom. The molecule has 1 aromatic rings. The van der Waals surface area contributed by atoms with Crippen LogP contribution in [0.4, 0.5) is 4.79 Å². The van der Waals surface area contributed by atoms with E-state index < -0.39 is 11.7 Å². The average molecular weight is 332 g/mol. The van der Waals surface area contributed by atoms with Gasteiger partial charge in [0.15, 0.2) is 0 Å². The fraction of sp³-hybridized carbons (Fsp3) is 0.588. The molecule has 0 N–H and O–H groups in total. The predicted molar refractivity (Wildman–Crippen MR) is 90.4 cm³/mol. The number of hydrogen-bond acceptors (Lipinski definition) is 4. The molecule has 1 aliphatic rings. The third-order valence-corrected chi connectivity index (χ3v) is 3.66. The fourth-order valence-corrected chi connectivity index (χ4v) is 2.64. The number of hydrogen-bond donors (Lipinski definition) is 0. The Morgan fingerprint density at radius 3 is 2.71 bits per heavy atom. The van der Waals surface area contributed by atoms with Crippen molar-refractivity contribution in [3.63, 3.8) is 0 Å². The van der Waals surface area contributed by atoms with Crippen LogP contribution < -0.4 is 0 Å². The molecule has 1 aromatic carbocycles. The summed E-state index contributed by atoms with van der Waals surface area (Å²) in [6, 6.07) is 9.45. The molecule has 0 saturated carbocycles. The molecular weight excluding hydrogens is 308 g/mol. The van der Waals surface area contributed by atoms with Crippen molar-refractivity contribution in [2.24, 2.45) is 5.11 Å². The number of amides is 1. The second-order valence-corrected chi connectivity index (χ2v) is 6.88. The summed E-state index contributed by atoms with van der Waals surface area (Å²) in [5.74, 6) is 0. The van der Waals surface area contributed by atoms with Gasteiger partial charge in [-0.2, -0.15) is 0 Å². The van der Waals surface area contributed by atoms with Crippen LogP contribution in [0, 0.1) is 0 Å². The maximum absolute atomic E-state index is 12.4. The molecule has 24 heavy (non-hydrogen) atoms. The molecule has 0 aromatic heterocycles. The van der Waals surface area contributed by atoms with Crippen molar-refractivity contribution >= 4 is 6.09 Å². The zero-order valence-electron chi connectivity index (χ0n) is 14.4.